The molecule has 2 N–H and O–H groups in total. The normalized spacial score (nSPS) is 9.89. The van der Waals surface area contributed by atoms with Crippen LogP contribution in [0, 0.1) is 0 Å². The van der Waals surface area contributed by atoms with Crippen molar-refractivity contribution in [3.05, 3.63) is 58.6 Å². The van der Waals surface area contributed by atoms with Crippen LogP contribution in [-0.4, -0.2) is 13.0 Å². The highest BCUT2D eigenvalue weighted by atomic mass is 79.9. The number of hydrogen-bond acceptors (Lipinski definition) is 2. The van der Waals surface area contributed by atoms with Crippen LogP contribution in [0.15, 0.2) is 53.0 Å². The van der Waals surface area contributed by atoms with Crippen molar-refractivity contribution in [2.45, 2.75) is 0 Å². The summed E-state index contributed by atoms with van der Waals surface area (Å²) in [5.74, 6) is -0.127. The number of carbonyl (C=O) groups is 1. The maximum absolute atomic E-state index is 12.1. The Labute approximate surface area is 114 Å². The first-order chi connectivity index (χ1) is 8.70. The number of carbonyl (C=O) groups excluding carboxylic acids is 1. The summed E-state index contributed by atoms with van der Waals surface area (Å²) in [5.41, 5.74) is 2.19. The lowest BCUT2D eigenvalue weighted by atomic mass is 10.1. The van der Waals surface area contributed by atoms with E-state index in [1.54, 1.807) is 13.1 Å². The topological polar surface area (TPSA) is 41.1 Å². The van der Waals surface area contributed by atoms with E-state index in [4.69, 9.17) is 0 Å². The predicted molar refractivity (Wildman–Crippen MR) is 78.1 cm³/mol. The van der Waals surface area contributed by atoms with Gasteiger partial charge in [0.15, 0.2) is 0 Å². The highest BCUT2D eigenvalue weighted by molar-refractivity contribution is 9.10. The van der Waals surface area contributed by atoms with Crippen LogP contribution in [0.3, 0.4) is 0 Å². The minimum atomic E-state index is -0.127. The highest BCUT2D eigenvalue weighted by Crippen LogP contribution is 2.22. The SMILES string of the molecule is CNc1cc(Br)ccc1C(=O)Nc1ccccc1. The third-order valence-electron chi connectivity index (χ3n) is 2.53. The highest BCUT2D eigenvalue weighted by Gasteiger charge is 2.10. The molecule has 2 rings (SSSR count). The Morgan fingerprint density at radius 3 is 2.50 bits per heavy atom. The van der Waals surface area contributed by atoms with E-state index in [1.807, 2.05) is 42.5 Å². The van der Waals surface area contributed by atoms with E-state index in [-0.39, 0.29) is 5.91 Å². The standard InChI is InChI=1S/C14H13BrN2O/c1-16-13-9-10(15)7-8-12(13)14(18)17-11-5-3-2-4-6-11/h2-9,16H,1H3,(H,17,18). The summed E-state index contributed by atoms with van der Waals surface area (Å²) >= 11 is 3.38. The average Bonchev–Trinajstić information content (AvgIpc) is 2.39. The Morgan fingerprint density at radius 2 is 1.83 bits per heavy atom. The van der Waals surface area contributed by atoms with Gasteiger partial charge in [-0.15, -0.1) is 0 Å². The molecule has 92 valence electrons. The molecule has 1 amide bonds. The average molecular weight is 305 g/mol. The molecule has 0 heterocycles. The molecule has 2 aromatic rings. The van der Waals surface area contributed by atoms with Gasteiger partial charge in [-0.1, -0.05) is 34.1 Å². The molecular weight excluding hydrogens is 292 g/mol. The van der Waals surface area contributed by atoms with Crippen molar-refractivity contribution in [1.29, 1.82) is 0 Å². The second-order valence-electron chi connectivity index (χ2n) is 3.76. The van der Waals surface area contributed by atoms with Crippen molar-refractivity contribution in [1.82, 2.24) is 0 Å². The van der Waals surface area contributed by atoms with E-state index < -0.39 is 0 Å². The first-order valence-electron chi connectivity index (χ1n) is 5.54. The Hall–Kier alpha value is -1.81. The fourth-order valence-corrected chi connectivity index (χ4v) is 2.00. The fraction of sp³-hybridized carbons (Fsp3) is 0.0714. The molecule has 0 aromatic heterocycles. The van der Waals surface area contributed by atoms with Gasteiger partial charge in [-0.2, -0.15) is 0 Å². The van der Waals surface area contributed by atoms with Crippen molar-refractivity contribution in [3.8, 4) is 0 Å². The van der Waals surface area contributed by atoms with Gasteiger partial charge in [-0.05, 0) is 30.3 Å². The van der Waals surface area contributed by atoms with Crippen LogP contribution in [0.5, 0.6) is 0 Å². The van der Waals surface area contributed by atoms with Crippen molar-refractivity contribution in [2.75, 3.05) is 17.7 Å². The maximum atomic E-state index is 12.1. The molecule has 0 aliphatic rings. The number of amides is 1. The molecule has 0 aliphatic carbocycles. The van der Waals surface area contributed by atoms with Crippen molar-refractivity contribution < 1.29 is 4.79 Å². The molecule has 2 aromatic carbocycles. The molecule has 0 fully saturated rings. The lowest BCUT2D eigenvalue weighted by molar-refractivity contribution is 0.102. The fourth-order valence-electron chi connectivity index (χ4n) is 1.64. The molecular formula is C14H13BrN2O. The zero-order chi connectivity index (χ0) is 13.0. The summed E-state index contributed by atoms with van der Waals surface area (Å²) in [6.07, 6.45) is 0. The van der Waals surface area contributed by atoms with Gasteiger partial charge >= 0.3 is 0 Å². The van der Waals surface area contributed by atoms with Gasteiger partial charge in [0.2, 0.25) is 0 Å². The van der Waals surface area contributed by atoms with Crippen LogP contribution in [0.25, 0.3) is 0 Å². The van der Waals surface area contributed by atoms with Crippen molar-refractivity contribution in [3.63, 3.8) is 0 Å². The zero-order valence-corrected chi connectivity index (χ0v) is 11.5. The second-order valence-corrected chi connectivity index (χ2v) is 4.68. The number of halogens is 1. The van der Waals surface area contributed by atoms with E-state index in [0.29, 0.717) is 5.56 Å². The zero-order valence-electron chi connectivity index (χ0n) is 9.91. The summed E-state index contributed by atoms with van der Waals surface area (Å²) in [6.45, 7) is 0. The minimum Gasteiger partial charge on any atom is -0.387 e. The lowest BCUT2D eigenvalue weighted by Gasteiger charge is -2.10. The first-order valence-corrected chi connectivity index (χ1v) is 6.33. The molecule has 3 nitrogen and oxygen atoms in total. The monoisotopic (exact) mass is 304 g/mol. The summed E-state index contributed by atoms with van der Waals surface area (Å²) in [4.78, 5) is 12.1. The van der Waals surface area contributed by atoms with Gasteiger partial charge in [0.1, 0.15) is 0 Å². The Balaban J connectivity index is 2.24. The van der Waals surface area contributed by atoms with Crippen LogP contribution in [0.2, 0.25) is 0 Å². The first kappa shape index (κ1) is 12.6. The summed E-state index contributed by atoms with van der Waals surface area (Å²) in [6, 6.07) is 14.9. The molecule has 0 spiro atoms. The second kappa shape index (κ2) is 5.69. The smallest absolute Gasteiger partial charge is 0.257 e. The van der Waals surface area contributed by atoms with Crippen LogP contribution < -0.4 is 10.6 Å². The number of anilines is 2. The summed E-state index contributed by atoms with van der Waals surface area (Å²) in [5, 5.41) is 5.87. The number of hydrogen-bond donors (Lipinski definition) is 2. The van der Waals surface area contributed by atoms with Crippen molar-refractivity contribution >= 4 is 33.2 Å². The number of rotatable bonds is 3. The van der Waals surface area contributed by atoms with Gasteiger partial charge < -0.3 is 10.6 Å². The van der Waals surface area contributed by atoms with E-state index >= 15 is 0 Å². The van der Waals surface area contributed by atoms with Crippen LogP contribution in [-0.2, 0) is 0 Å². The third-order valence-corrected chi connectivity index (χ3v) is 3.02. The molecule has 4 heteroatoms. The van der Waals surface area contributed by atoms with Gasteiger partial charge in [0, 0.05) is 22.9 Å². The largest absolute Gasteiger partial charge is 0.387 e. The van der Waals surface area contributed by atoms with Crippen LogP contribution >= 0.6 is 15.9 Å². The quantitative estimate of drug-likeness (QED) is 0.907. The van der Waals surface area contributed by atoms with E-state index in [9.17, 15) is 4.79 Å². The molecule has 18 heavy (non-hydrogen) atoms. The Bertz CT molecular complexity index is 555. The molecule has 0 saturated heterocycles. The van der Waals surface area contributed by atoms with E-state index in [1.165, 1.54) is 0 Å². The molecule has 0 saturated carbocycles. The van der Waals surface area contributed by atoms with Crippen LogP contribution in [0.4, 0.5) is 11.4 Å². The van der Waals surface area contributed by atoms with Gasteiger partial charge in [0.25, 0.3) is 5.91 Å². The van der Waals surface area contributed by atoms with Gasteiger partial charge in [-0.3, -0.25) is 4.79 Å². The van der Waals surface area contributed by atoms with Gasteiger partial charge in [-0.25, -0.2) is 0 Å². The van der Waals surface area contributed by atoms with Crippen molar-refractivity contribution in [2.24, 2.45) is 0 Å². The lowest BCUT2D eigenvalue weighted by Crippen LogP contribution is -2.13. The number of nitrogens with one attached hydrogen (secondary N) is 2. The predicted octanol–water partition coefficient (Wildman–Crippen LogP) is 3.74. The minimum absolute atomic E-state index is 0.127. The molecule has 0 bridgehead atoms. The molecule has 0 atom stereocenters. The van der Waals surface area contributed by atoms with Crippen LogP contribution in [0.1, 0.15) is 10.4 Å². The maximum Gasteiger partial charge on any atom is 0.257 e. The number of benzene rings is 2. The summed E-state index contributed by atoms with van der Waals surface area (Å²) < 4.78 is 0.933. The molecule has 0 aliphatic heterocycles. The third kappa shape index (κ3) is 2.90. The van der Waals surface area contributed by atoms with Gasteiger partial charge in [0.05, 0.1) is 5.56 Å². The van der Waals surface area contributed by atoms with E-state index in [2.05, 4.69) is 26.6 Å². The molecule has 0 unspecified atom stereocenters. The summed E-state index contributed by atoms with van der Waals surface area (Å²) in [7, 11) is 1.79. The van der Waals surface area contributed by atoms with E-state index in [0.717, 1.165) is 15.8 Å². The Morgan fingerprint density at radius 1 is 1.11 bits per heavy atom. The molecule has 0 radical (unpaired) electrons. The number of para-hydroxylation sites is 1. The Kier molecular flexibility index (Phi) is 3.99.